The topological polar surface area (TPSA) is 55.4 Å². The van der Waals surface area contributed by atoms with Crippen molar-refractivity contribution in [2.75, 3.05) is 0 Å². The third kappa shape index (κ3) is 4.57. The number of amides is 1. The third-order valence-corrected chi connectivity index (χ3v) is 4.71. The van der Waals surface area contributed by atoms with Crippen LogP contribution >= 0.6 is 0 Å². The van der Waals surface area contributed by atoms with Crippen LogP contribution in [0.3, 0.4) is 0 Å². The van der Waals surface area contributed by atoms with Gasteiger partial charge < -0.3 is 10.1 Å². The quantitative estimate of drug-likeness (QED) is 0.864. The lowest BCUT2D eigenvalue weighted by Crippen LogP contribution is -2.46. The number of hydrogen-bond acceptors (Lipinski definition) is 3. The molecule has 0 aromatic heterocycles. The van der Waals surface area contributed by atoms with Crippen LogP contribution in [0.25, 0.3) is 0 Å². The van der Waals surface area contributed by atoms with E-state index in [-0.39, 0.29) is 11.9 Å². The minimum atomic E-state index is -0.781. The monoisotopic (exact) mass is 317 g/mol. The molecular weight excluding hydrogens is 290 g/mol. The first-order valence-electron chi connectivity index (χ1n) is 8.47. The highest BCUT2D eigenvalue weighted by Gasteiger charge is 2.26. The summed E-state index contributed by atoms with van der Waals surface area (Å²) in [7, 11) is 0. The number of esters is 1. The maximum atomic E-state index is 12.3. The molecule has 0 radical (unpaired) electrons. The molecule has 1 N–H and O–H groups in total. The summed E-state index contributed by atoms with van der Waals surface area (Å²) < 4.78 is 5.36. The van der Waals surface area contributed by atoms with Gasteiger partial charge in [-0.1, -0.05) is 37.5 Å². The van der Waals surface area contributed by atoms with Gasteiger partial charge in [0.25, 0.3) is 5.91 Å². The van der Waals surface area contributed by atoms with Crippen molar-refractivity contribution in [2.24, 2.45) is 5.92 Å². The lowest BCUT2D eigenvalue weighted by atomic mass is 9.86. The van der Waals surface area contributed by atoms with Crippen LogP contribution in [0.5, 0.6) is 0 Å². The van der Waals surface area contributed by atoms with Crippen LogP contribution in [0.4, 0.5) is 0 Å². The molecule has 0 bridgehead atoms. The van der Waals surface area contributed by atoms with Crippen molar-refractivity contribution >= 4 is 11.9 Å². The van der Waals surface area contributed by atoms with Gasteiger partial charge in [0.15, 0.2) is 6.10 Å². The van der Waals surface area contributed by atoms with E-state index in [4.69, 9.17) is 4.74 Å². The molecule has 4 heteroatoms. The van der Waals surface area contributed by atoms with Crippen LogP contribution in [-0.2, 0) is 9.53 Å². The Morgan fingerprint density at radius 3 is 2.61 bits per heavy atom. The van der Waals surface area contributed by atoms with Gasteiger partial charge in [-0.3, -0.25) is 4.79 Å². The Bertz CT molecular complexity index is 582. The third-order valence-electron chi connectivity index (χ3n) is 4.71. The molecule has 1 aromatic rings. The van der Waals surface area contributed by atoms with Gasteiger partial charge >= 0.3 is 5.97 Å². The standard InChI is InChI=1S/C19H27NO3/c1-12-9-10-13(2)16(11-12)19(22)23-15(4)18(21)20-17-8-6-5-7-14(17)3/h9-11,14-15,17H,5-8H2,1-4H3,(H,20,21)/t14-,15+,17+/m0/s1. The zero-order valence-corrected chi connectivity index (χ0v) is 14.5. The normalized spacial score (nSPS) is 22.3. The summed E-state index contributed by atoms with van der Waals surface area (Å²) in [5.41, 5.74) is 2.38. The lowest BCUT2D eigenvalue weighted by Gasteiger charge is -2.30. The number of aryl methyl sites for hydroxylation is 2. The predicted molar refractivity (Wildman–Crippen MR) is 90.4 cm³/mol. The van der Waals surface area contributed by atoms with Gasteiger partial charge in [0, 0.05) is 6.04 Å². The van der Waals surface area contributed by atoms with Crippen LogP contribution in [0.2, 0.25) is 0 Å². The van der Waals surface area contributed by atoms with Crippen molar-refractivity contribution in [3.05, 3.63) is 34.9 Å². The van der Waals surface area contributed by atoms with E-state index in [1.54, 1.807) is 13.0 Å². The summed E-state index contributed by atoms with van der Waals surface area (Å²) in [5, 5.41) is 3.04. The predicted octanol–water partition coefficient (Wildman–Crippen LogP) is 3.54. The first kappa shape index (κ1) is 17.5. The highest BCUT2D eigenvalue weighted by molar-refractivity contribution is 5.93. The molecule has 2 rings (SSSR count). The molecule has 1 amide bonds. The molecule has 126 valence electrons. The van der Waals surface area contributed by atoms with E-state index in [0.717, 1.165) is 30.4 Å². The summed E-state index contributed by atoms with van der Waals surface area (Å²) in [6, 6.07) is 5.83. The number of rotatable bonds is 4. The number of carbonyl (C=O) groups is 2. The highest BCUT2D eigenvalue weighted by atomic mass is 16.5. The first-order valence-corrected chi connectivity index (χ1v) is 8.47. The average molecular weight is 317 g/mol. The summed E-state index contributed by atoms with van der Waals surface area (Å²) in [6.07, 6.45) is 3.74. The zero-order chi connectivity index (χ0) is 17.0. The van der Waals surface area contributed by atoms with Crippen molar-refractivity contribution in [2.45, 2.75) is 65.5 Å². The Balaban J connectivity index is 1.94. The molecule has 0 heterocycles. The number of nitrogens with one attached hydrogen (secondary N) is 1. The zero-order valence-electron chi connectivity index (χ0n) is 14.5. The second-order valence-corrected chi connectivity index (χ2v) is 6.74. The number of hydrogen-bond donors (Lipinski definition) is 1. The molecule has 1 fully saturated rings. The lowest BCUT2D eigenvalue weighted by molar-refractivity contribution is -0.130. The largest absolute Gasteiger partial charge is 0.449 e. The average Bonchev–Trinajstić information content (AvgIpc) is 2.51. The van der Waals surface area contributed by atoms with Crippen LogP contribution in [0.15, 0.2) is 18.2 Å². The van der Waals surface area contributed by atoms with Gasteiger partial charge in [0.05, 0.1) is 5.56 Å². The molecule has 0 unspecified atom stereocenters. The highest BCUT2D eigenvalue weighted by Crippen LogP contribution is 2.23. The van der Waals surface area contributed by atoms with E-state index < -0.39 is 12.1 Å². The van der Waals surface area contributed by atoms with Crippen molar-refractivity contribution in [3.8, 4) is 0 Å². The molecule has 1 aliphatic carbocycles. The Morgan fingerprint density at radius 1 is 1.22 bits per heavy atom. The van der Waals surface area contributed by atoms with Crippen LogP contribution in [-0.4, -0.2) is 24.0 Å². The number of carbonyl (C=O) groups excluding carboxylic acids is 2. The fraction of sp³-hybridized carbons (Fsp3) is 0.579. The molecule has 1 saturated carbocycles. The Hall–Kier alpha value is -1.84. The van der Waals surface area contributed by atoms with Gasteiger partial charge in [-0.15, -0.1) is 0 Å². The fourth-order valence-electron chi connectivity index (χ4n) is 3.06. The van der Waals surface area contributed by atoms with Crippen molar-refractivity contribution in [1.29, 1.82) is 0 Å². The summed E-state index contributed by atoms with van der Waals surface area (Å²) in [5.74, 6) is -0.164. The number of benzene rings is 1. The Labute approximate surface area is 138 Å². The molecule has 1 aliphatic rings. The second kappa shape index (κ2) is 7.62. The van der Waals surface area contributed by atoms with Crippen molar-refractivity contribution in [3.63, 3.8) is 0 Å². The summed E-state index contributed by atoms with van der Waals surface area (Å²) in [4.78, 5) is 24.6. The SMILES string of the molecule is Cc1ccc(C)c(C(=O)O[C@H](C)C(=O)N[C@@H]2CCCC[C@@H]2C)c1. The number of ether oxygens (including phenoxy) is 1. The van der Waals surface area contributed by atoms with E-state index in [2.05, 4.69) is 12.2 Å². The van der Waals surface area contributed by atoms with Crippen molar-refractivity contribution < 1.29 is 14.3 Å². The summed E-state index contributed by atoms with van der Waals surface area (Å²) in [6.45, 7) is 7.59. The van der Waals surface area contributed by atoms with E-state index >= 15 is 0 Å². The molecular formula is C19H27NO3. The van der Waals surface area contributed by atoms with Gasteiger partial charge in [-0.25, -0.2) is 4.79 Å². The Kier molecular flexibility index (Phi) is 5.80. The molecule has 0 aliphatic heterocycles. The minimum absolute atomic E-state index is 0.193. The molecule has 23 heavy (non-hydrogen) atoms. The van der Waals surface area contributed by atoms with Gasteiger partial charge in [0.1, 0.15) is 0 Å². The Morgan fingerprint density at radius 2 is 1.91 bits per heavy atom. The van der Waals surface area contributed by atoms with E-state index in [1.807, 2.05) is 26.0 Å². The van der Waals surface area contributed by atoms with Crippen molar-refractivity contribution in [1.82, 2.24) is 5.32 Å². The summed E-state index contributed by atoms with van der Waals surface area (Å²) >= 11 is 0. The molecule has 1 aromatic carbocycles. The van der Waals surface area contributed by atoms with Crippen LogP contribution in [0.1, 0.15) is 61.0 Å². The maximum Gasteiger partial charge on any atom is 0.339 e. The molecule has 3 atom stereocenters. The van der Waals surface area contributed by atoms with E-state index in [1.165, 1.54) is 6.42 Å². The smallest absolute Gasteiger partial charge is 0.339 e. The fourth-order valence-corrected chi connectivity index (χ4v) is 3.06. The van der Waals surface area contributed by atoms with Crippen LogP contribution < -0.4 is 5.32 Å². The minimum Gasteiger partial charge on any atom is -0.449 e. The maximum absolute atomic E-state index is 12.3. The second-order valence-electron chi connectivity index (χ2n) is 6.74. The van der Waals surface area contributed by atoms with E-state index in [0.29, 0.717) is 11.5 Å². The van der Waals surface area contributed by atoms with Gasteiger partial charge in [0.2, 0.25) is 0 Å². The van der Waals surface area contributed by atoms with Gasteiger partial charge in [-0.05, 0) is 51.2 Å². The first-order chi connectivity index (χ1) is 10.9. The van der Waals surface area contributed by atoms with Gasteiger partial charge in [-0.2, -0.15) is 0 Å². The van der Waals surface area contributed by atoms with E-state index in [9.17, 15) is 9.59 Å². The van der Waals surface area contributed by atoms with Crippen LogP contribution in [0, 0.1) is 19.8 Å². The molecule has 4 nitrogen and oxygen atoms in total. The molecule has 0 spiro atoms. The molecule has 0 saturated heterocycles.